The molecule has 0 bridgehead atoms. The Hall–Kier alpha value is -3.62. The lowest BCUT2D eigenvalue weighted by molar-refractivity contribution is -0.142. The summed E-state index contributed by atoms with van der Waals surface area (Å²) in [5.41, 5.74) is 21.4. The van der Waals surface area contributed by atoms with Gasteiger partial charge in [0.1, 0.15) is 18.1 Å². The van der Waals surface area contributed by atoms with Gasteiger partial charge in [-0.15, -0.1) is 0 Å². The second-order valence-corrected chi connectivity index (χ2v) is 9.70. The number of carbonyl (C=O) groups is 4. The molecular weight excluding hydrogens is 496 g/mol. The summed E-state index contributed by atoms with van der Waals surface area (Å²) in [6.45, 7) is 4.85. The highest BCUT2D eigenvalue weighted by molar-refractivity contribution is 5.94. The van der Waals surface area contributed by atoms with Crippen molar-refractivity contribution in [3.8, 4) is 0 Å². The molecule has 13 N–H and O–H groups in total. The number of carbonyl (C=O) groups excluding carboxylic acids is 3. The minimum absolute atomic E-state index is 0.0142. The van der Waals surface area contributed by atoms with Gasteiger partial charge in [-0.3, -0.25) is 24.4 Å². The minimum Gasteiger partial charge on any atom is -0.480 e. The van der Waals surface area contributed by atoms with E-state index in [-0.39, 0.29) is 56.1 Å². The largest absolute Gasteiger partial charge is 0.480 e. The fraction of sp³-hybridized carbons (Fsp3) is 0.739. The Kier molecular flexibility index (Phi) is 14.5. The van der Waals surface area contributed by atoms with Crippen LogP contribution in [0.2, 0.25) is 0 Å². The highest BCUT2D eigenvalue weighted by atomic mass is 16.4. The number of carboxylic acid groups (broad SMARTS) is 1. The zero-order valence-corrected chi connectivity index (χ0v) is 22.2. The van der Waals surface area contributed by atoms with Gasteiger partial charge < -0.3 is 49.3 Å². The molecule has 3 amide bonds. The van der Waals surface area contributed by atoms with Crippen LogP contribution in [0.25, 0.3) is 0 Å². The van der Waals surface area contributed by atoms with E-state index in [1.165, 1.54) is 0 Å². The van der Waals surface area contributed by atoms with Crippen molar-refractivity contribution in [1.82, 2.24) is 21.3 Å². The molecule has 15 heteroatoms. The van der Waals surface area contributed by atoms with Crippen LogP contribution in [0.5, 0.6) is 0 Å². The molecule has 1 aliphatic heterocycles. The number of hydrogen-bond acceptors (Lipinski definition) is 7. The SMILES string of the molecule is CC(C)CC(NC(=O)C(CCCN=C(N)N)NC(=O)C(CCCN=C(N)N)NC(=O)C1CCCN1)C(=O)O. The summed E-state index contributed by atoms with van der Waals surface area (Å²) in [6, 6.07) is -3.57. The van der Waals surface area contributed by atoms with Gasteiger partial charge in [-0.1, -0.05) is 13.8 Å². The van der Waals surface area contributed by atoms with Crippen LogP contribution in [0.1, 0.15) is 58.8 Å². The molecule has 15 nitrogen and oxygen atoms in total. The van der Waals surface area contributed by atoms with Crippen molar-refractivity contribution in [1.29, 1.82) is 0 Å². The Bertz CT molecular complexity index is 850. The number of carboxylic acids is 1. The molecule has 216 valence electrons. The molecule has 1 rings (SSSR count). The van der Waals surface area contributed by atoms with Crippen molar-refractivity contribution >= 4 is 35.6 Å². The predicted molar refractivity (Wildman–Crippen MR) is 144 cm³/mol. The average Bonchev–Trinajstić information content (AvgIpc) is 3.36. The van der Waals surface area contributed by atoms with Gasteiger partial charge in [-0.2, -0.15) is 0 Å². The molecule has 1 aliphatic rings. The van der Waals surface area contributed by atoms with Crippen molar-refractivity contribution < 1.29 is 24.3 Å². The molecule has 0 aromatic rings. The Balaban J connectivity index is 3.01. The number of amides is 3. The van der Waals surface area contributed by atoms with Crippen molar-refractivity contribution in [3.63, 3.8) is 0 Å². The van der Waals surface area contributed by atoms with Crippen molar-refractivity contribution in [2.75, 3.05) is 19.6 Å². The first-order valence-corrected chi connectivity index (χ1v) is 12.9. The van der Waals surface area contributed by atoms with Gasteiger partial charge in [-0.05, 0) is 57.4 Å². The van der Waals surface area contributed by atoms with Crippen molar-refractivity contribution in [2.45, 2.75) is 83.0 Å². The first kappa shape index (κ1) is 32.4. The van der Waals surface area contributed by atoms with Gasteiger partial charge in [0.25, 0.3) is 0 Å². The molecule has 1 fully saturated rings. The smallest absolute Gasteiger partial charge is 0.326 e. The summed E-state index contributed by atoms with van der Waals surface area (Å²) in [6.07, 6.45) is 2.80. The lowest BCUT2D eigenvalue weighted by atomic mass is 10.0. The molecule has 0 aromatic heterocycles. The number of nitrogens with one attached hydrogen (secondary N) is 4. The first-order valence-electron chi connectivity index (χ1n) is 12.9. The number of aliphatic carboxylic acids is 1. The van der Waals surface area contributed by atoms with Crippen LogP contribution in [0.4, 0.5) is 0 Å². The molecule has 0 saturated carbocycles. The molecule has 1 saturated heterocycles. The van der Waals surface area contributed by atoms with Gasteiger partial charge in [0.2, 0.25) is 17.7 Å². The van der Waals surface area contributed by atoms with Crippen LogP contribution >= 0.6 is 0 Å². The van der Waals surface area contributed by atoms with Gasteiger partial charge in [0.05, 0.1) is 6.04 Å². The van der Waals surface area contributed by atoms with Crippen LogP contribution in [0.3, 0.4) is 0 Å². The van der Waals surface area contributed by atoms with E-state index >= 15 is 0 Å². The summed E-state index contributed by atoms with van der Waals surface area (Å²) in [5.74, 6) is -2.91. The minimum atomic E-state index is -1.17. The van der Waals surface area contributed by atoms with Crippen molar-refractivity contribution in [2.24, 2.45) is 38.8 Å². The monoisotopic (exact) mass is 540 g/mol. The van der Waals surface area contributed by atoms with Gasteiger partial charge in [0.15, 0.2) is 11.9 Å². The number of guanidine groups is 2. The molecule has 0 aromatic carbocycles. The molecule has 0 aliphatic carbocycles. The summed E-state index contributed by atoms with van der Waals surface area (Å²) in [5, 5.41) is 20.6. The highest BCUT2D eigenvalue weighted by Crippen LogP contribution is 2.09. The van der Waals surface area contributed by atoms with Gasteiger partial charge >= 0.3 is 5.97 Å². The summed E-state index contributed by atoms with van der Waals surface area (Å²) in [4.78, 5) is 58.5. The Morgan fingerprint density at radius 2 is 1.37 bits per heavy atom. The van der Waals surface area contributed by atoms with Crippen LogP contribution in [0, 0.1) is 5.92 Å². The molecule has 4 unspecified atom stereocenters. The number of nitrogens with two attached hydrogens (primary N) is 4. The first-order chi connectivity index (χ1) is 17.9. The van der Waals surface area contributed by atoms with E-state index in [2.05, 4.69) is 31.3 Å². The summed E-state index contributed by atoms with van der Waals surface area (Å²) < 4.78 is 0. The summed E-state index contributed by atoms with van der Waals surface area (Å²) in [7, 11) is 0. The Labute approximate surface area is 223 Å². The van der Waals surface area contributed by atoms with Gasteiger partial charge in [-0.25, -0.2) is 4.79 Å². The summed E-state index contributed by atoms with van der Waals surface area (Å²) >= 11 is 0. The lowest BCUT2D eigenvalue weighted by Gasteiger charge is -2.25. The molecule has 0 radical (unpaired) electrons. The van der Waals surface area contributed by atoms with Crippen molar-refractivity contribution in [3.05, 3.63) is 0 Å². The third-order valence-electron chi connectivity index (χ3n) is 5.86. The van der Waals surface area contributed by atoms with Crippen LogP contribution < -0.4 is 44.2 Å². The molecule has 38 heavy (non-hydrogen) atoms. The fourth-order valence-corrected chi connectivity index (χ4v) is 3.96. The van der Waals surface area contributed by atoms with E-state index in [1.807, 2.05) is 13.8 Å². The zero-order valence-electron chi connectivity index (χ0n) is 22.2. The highest BCUT2D eigenvalue weighted by Gasteiger charge is 2.31. The Morgan fingerprint density at radius 1 is 0.868 bits per heavy atom. The van der Waals surface area contributed by atoms with Crippen LogP contribution in [0.15, 0.2) is 9.98 Å². The maximum absolute atomic E-state index is 13.3. The molecule has 1 heterocycles. The lowest BCUT2D eigenvalue weighted by Crippen LogP contribution is -2.57. The third kappa shape index (κ3) is 13.1. The topological polar surface area (TPSA) is 265 Å². The van der Waals surface area contributed by atoms with Crippen LogP contribution in [-0.2, 0) is 19.2 Å². The number of hydrogen-bond donors (Lipinski definition) is 9. The second kappa shape index (κ2) is 17.0. The van der Waals surface area contributed by atoms with E-state index in [0.29, 0.717) is 25.8 Å². The maximum Gasteiger partial charge on any atom is 0.326 e. The standard InChI is InChI=1S/C23H44N10O5/c1-13(2)12-17(21(37)38)33-20(36)16(8-5-11-30-23(26)27)32-19(35)15(7-4-10-29-22(24)25)31-18(34)14-6-3-9-28-14/h13-17,28H,3-12H2,1-2H3,(H,31,34)(H,32,35)(H,33,36)(H,37,38)(H4,24,25,29)(H4,26,27,30). The quantitative estimate of drug-likeness (QED) is 0.0528. The normalized spacial score (nSPS) is 17.1. The van der Waals surface area contributed by atoms with E-state index < -0.39 is 42.0 Å². The van der Waals surface area contributed by atoms with E-state index in [0.717, 1.165) is 6.42 Å². The van der Waals surface area contributed by atoms with E-state index in [4.69, 9.17) is 22.9 Å². The average molecular weight is 541 g/mol. The predicted octanol–water partition coefficient (Wildman–Crippen LogP) is -2.57. The molecular formula is C23H44N10O5. The fourth-order valence-electron chi connectivity index (χ4n) is 3.96. The Morgan fingerprint density at radius 3 is 1.79 bits per heavy atom. The third-order valence-corrected chi connectivity index (χ3v) is 5.86. The molecule has 0 spiro atoms. The van der Waals surface area contributed by atoms with E-state index in [1.54, 1.807) is 0 Å². The molecule has 4 atom stereocenters. The second-order valence-electron chi connectivity index (χ2n) is 9.70. The van der Waals surface area contributed by atoms with E-state index in [9.17, 15) is 24.3 Å². The zero-order chi connectivity index (χ0) is 28.7. The number of aliphatic imine (C=N–C) groups is 2. The number of rotatable bonds is 17. The maximum atomic E-state index is 13.3. The van der Waals surface area contributed by atoms with Crippen LogP contribution in [-0.4, -0.2) is 84.5 Å². The number of nitrogens with zero attached hydrogens (tertiary/aromatic N) is 2. The van der Waals surface area contributed by atoms with Gasteiger partial charge in [0, 0.05) is 13.1 Å².